The van der Waals surface area contributed by atoms with Crippen LogP contribution in [-0.2, 0) is 12.3 Å². The predicted octanol–water partition coefficient (Wildman–Crippen LogP) is 5.58. The summed E-state index contributed by atoms with van der Waals surface area (Å²) in [5.74, 6) is 2.07. The molecule has 3 heterocycles. The zero-order valence-electron chi connectivity index (χ0n) is 16.9. The quantitative estimate of drug-likeness (QED) is 0.152. The van der Waals surface area contributed by atoms with E-state index in [1.54, 1.807) is 12.3 Å². The molecule has 0 amide bonds. The van der Waals surface area contributed by atoms with Crippen LogP contribution >= 0.6 is 11.8 Å². The van der Waals surface area contributed by atoms with E-state index in [9.17, 15) is 4.79 Å². The third kappa shape index (κ3) is 3.47. The van der Waals surface area contributed by atoms with Crippen LogP contribution in [0, 0.1) is 6.92 Å². The summed E-state index contributed by atoms with van der Waals surface area (Å²) in [4.78, 5) is 12.2. The van der Waals surface area contributed by atoms with Crippen molar-refractivity contribution < 1.29 is 8.83 Å². The molecule has 154 valence electrons. The summed E-state index contributed by atoms with van der Waals surface area (Å²) in [6.45, 7) is 6.33. The van der Waals surface area contributed by atoms with Gasteiger partial charge in [-0.1, -0.05) is 48.2 Å². The van der Waals surface area contributed by atoms with Crippen LogP contribution in [0.3, 0.4) is 0 Å². The Hall–Kier alpha value is -3.58. The molecule has 0 aliphatic carbocycles. The Labute approximate surface area is 182 Å². The lowest BCUT2D eigenvalue weighted by Gasteiger charge is -2.10. The summed E-state index contributed by atoms with van der Waals surface area (Å²) >= 11 is 1.53. The first-order chi connectivity index (χ1) is 15.2. The van der Waals surface area contributed by atoms with Crippen molar-refractivity contribution in [3.05, 3.63) is 89.2 Å². The smallest absolute Gasteiger partial charge is 0.336 e. The lowest BCUT2D eigenvalue weighted by atomic mass is 10.0. The molecule has 5 rings (SSSR count). The van der Waals surface area contributed by atoms with Gasteiger partial charge in [0, 0.05) is 23.8 Å². The zero-order chi connectivity index (χ0) is 21.4. The predicted molar refractivity (Wildman–Crippen MR) is 122 cm³/mol. The van der Waals surface area contributed by atoms with Gasteiger partial charge in [-0.05, 0) is 35.4 Å². The average Bonchev–Trinajstić information content (AvgIpc) is 3.37. The van der Waals surface area contributed by atoms with Gasteiger partial charge in [0.1, 0.15) is 11.3 Å². The maximum absolute atomic E-state index is 12.2. The number of allylic oxidation sites excluding steroid dienone is 1. The van der Waals surface area contributed by atoms with Gasteiger partial charge in [-0.25, -0.2) is 4.79 Å². The minimum Gasteiger partial charge on any atom is -0.469 e. The molecule has 31 heavy (non-hydrogen) atoms. The largest absolute Gasteiger partial charge is 0.469 e. The summed E-state index contributed by atoms with van der Waals surface area (Å²) in [6, 6.07) is 15.4. The van der Waals surface area contributed by atoms with E-state index in [1.807, 2.05) is 54.0 Å². The number of fused-ring (bicyclic) bond motifs is 3. The molecule has 0 unspecified atom stereocenters. The van der Waals surface area contributed by atoms with E-state index in [4.69, 9.17) is 8.83 Å². The number of hydrogen-bond acceptors (Lipinski definition) is 6. The van der Waals surface area contributed by atoms with Gasteiger partial charge in [0.2, 0.25) is 0 Å². The Morgan fingerprint density at radius 2 is 2.03 bits per heavy atom. The van der Waals surface area contributed by atoms with Gasteiger partial charge in [0.05, 0.1) is 11.8 Å². The molecular formula is C24H19N3O3S. The van der Waals surface area contributed by atoms with Crippen LogP contribution in [0.15, 0.2) is 86.2 Å². The van der Waals surface area contributed by atoms with Gasteiger partial charge < -0.3 is 8.83 Å². The Morgan fingerprint density at radius 1 is 1.16 bits per heavy atom. The van der Waals surface area contributed by atoms with Crippen LogP contribution in [0.25, 0.3) is 33.1 Å². The maximum Gasteiger partial charge on any atom is 0.336 e. The monoisotopic (exact) mass is 429 g/mol. The van der Waals surface area contributed by atoms with Crippen LogP contribution in [0.2, 0.25) is 0 Å². The van der Waals surface area contributed by atoms with E-state index in [0.29, 0.717) is 17.9 Å². The molecule has 3 aromatic heterocycles. The van der Waals surface area contributed by atoms with Crippen molar-refractivity contribution in [1.82, 2.24) is 14.8 Å². The number of benzene rings is 2. The van der Waals surface area contributed by atoms with E-state index in [1.165, 1.54) is 11.8 Å². The molecule has 0 spiro atoms. The third-order valence-corrected chi connectivity index (χ3v) is 6.22. The fourth-order valence-corrected chi connectivity index (χ4v) is 4.71. The highest BCUT2D eigenvalue weighted by molar-refractivity contribution is 7.98. The topological polar surface area (TPSA) is 74.1 Å². The summed E-state index contributed by atoms with van der Waals surface area (Å²) in [6.07, 6.45) is 3.46. The number of thioether (sulfide) groups is 1. The summed E-state index contributed by atoms with van der Waals surface area (Å²) in [5.41, 5.74) is 2.03. The zero-order valence-corrected chi connectivity index (χ0v) is 17.7. The van der Waals surface area contributed by atoms with E-state index in [-0.39, 0.29) is 5.63 Å². The third-order valence-electron chi connectivity index (χ3n) is 5.20. The first kappa shape index (κ1) is 19.4. The molecule has 0 radical (unpaired) electrons. The maximum atomic E-state index is 12.2. The average molecular weight is 430 g/mol. The minimum atomic E-state index is -0.361. The molecule has 0 saturated carbocycles. The van der Waals surface area contributed by atoms with Crippen molar-refractivity contribution in [2.45, 2.75) is 24.4 Å². The number of rotatable bonds is 6. The number of hydrogen-bond donors (Lipinski definition) is 0. The number of aromatic nitrogens is 3. The van der Waals surface area contributed by atoms with E-state index >= 15 is 0 Å². The van der Waals surface area contributed by atoms with Crippen molar-refractivity contribution in [2.75, 3.05) is 0 Å². The molecule has 7 heteroatoms. The first-order valence-corrected chi connectivity index (χ1v) is 10.8. The second kappa shape index (κ2) is 7.92. The van der Waals surface area contributed by atoms with Crippen molar-refractivity contribution >= 4 is 33.5 Å². The van der Waals surface area contributed by atoms with Crippen LogP contribution in [0.1, 0.15) is 11.3 Å². The van der Waals surface area contributed by atoms with Crippen molar-refractivity contribution in [3.8, 4) is 11.4 Å². The fraction of sp³-hybridized carbons (Fsp3) is 0.125. The molecule has 0 aliphatic rings. The van der Waals surface area contributed by atoms with Crippen LogP contribution in [0.5, 0.6) is 0 Å². The molecule has 0 atom stereocenters. The van der Waals surface area contributed by atoms with E-state index in [0.717, 1.165) is 44.0 Å². The van der Waals surface area contributed by atoms with Gasteiger partial charge in [0.25, 0.3) is 0 Å². The number of aryl methyl sites for hydroxylation is 1. The Morgan fingerprint density at radius 3 is 2.84 bits per heavy atom. The van der Waals surface area contributed by atoms with Crippen LogP contribution in [0.4, 0.5) is 0 Å². The standard InChI is InChI=1S/C24H19N3O3S/c1-3-11-27-23(18-10-12-29-15(18)2)25-26-24(27)31-14-17-13-21(28)30-20-9-8-16-6-4-5-7-19(16)22(17)20/h3-10,12-13H,1,11,14H2,2H3. The van der Waals surface area contributed by atoms with E-state index in [2.05, 4.69) is 22.8 Å². The van der Waals surface area contributed by atoms with Crippen LogP contribution in [-0.4, -0.2) is 14.8 Å². The summed E-state index contributed by atoms with van der Waals surface area (Å²) in [5, 5.41) is 12.6. The Bertz CT molecular complexity index is 1480. The normalized spacial score (nSPS) is 11.4. The van der Waals surface area contributed by atoms with Gasteiger partial charge >= 0.3 is 5.63 Å². The molecule has 0 fully saturated rings. The molecule has 0 saturated heterocycles. The lowest BCUT2D eigenvalue weighted by molar-refractivity contribution is 0.534. The van der Waals surface area contributed by atoms with Gasteiger partial charge in [-0.2, -0.15) is 0 Å². The SMILES string of the molecule is C=CCn1c(SCc2cc(=O)oc3ccc4ccccc4c23)nnc1-c1ccoc1C. The Kier molecular flexibility index (Phi) is 4.95. The molecule has 6 nitrogen and oxygen atoms in total. The lowest BCUT2D eigenvalue weighted by Crippen LogP contribution is -2.02. The highest BCUT2D eigenvalue weighted by Gasteiger charge is 2.18. The molecule has 2 aromatic carbocycles. The Balaban J connectivity index is 1.57. The minimum absolute atomic E-state index is 0.361. The molecule has 0 N–H and O–H groups in total. The van der Waals surface area contributed by atoms with Crippen molar-refractivity contribution in [3.63, 3.8) is 0 Å². The fourth-order valence-electron chi connectivity index (χ4n) is 3.78. The van der Waals surface area contributed by atoms with Gasteiger partial charge in [-0.15, -0.1) is 16.8 Å². The van der Waals surface area contributed by atoms with Crippen LogP contribution < -0.4 is 5.63 Å². The van der Waals surface area contributed by atoms with Crippen molar-refractivity contribution in [1.29, 1.82) is 0 Å². The highest BCUT2D eigenvalue weighted by atomic mass is 32.2. The molecule has 0 bridgehead atoms. The number of nitrogens with zero attached hydrogens (tertiary/aromatic N) is 3. The highest BCUT2D eigenvalue weighted by Crippen LogP contribution is 2.32. The van der Waals surface area contributed by atoms with Gasteiger partial charge in [-0.3, -0.25) is 4.57 Å². The number of furan rings is 1. The summed E-state index contributed by atoms with van der Waals surface area (Å²) < 4.78 is 12.9. The summed E-state index contributed by atoms with van der Waals surface area (Å²) in [7, 11) is 0. The van der Waals surface area contributed by atoms with Gasteiger partial charge in [0.15, 0.2) is 11.0 Å². The van der Waals surface area contributed by atoms with Crippen molar-refractivity contribution in [2.24, 2.45) is 0 Å². The second-order valence-corrected chi connectivity index (χ2v) is 8.08. The molecule has 0 aliphatic heterocycles. The second-order valence-electron chi connectivity index (χ2n) is 7.14. The van der Waals surface area contributed by atoms with E-state index < -0.39 is 0 Å². The molecule has 5 aromatic rings. The molecular weight excluding hydrogens is 410 g/mol. The first-order valence-electron chi connectivity index (χ1n) is 9.81.